The summed E-state index contributed by atoms with van der Waals surface area (Å²) in [4.78, 5) is 32.0. The van der Waals surface area contributed by atoms with Crippen LogP contribution in [0.1, 0.15) is 11.4 Å². The van der Waals surface area contributed by atoms with E-state index in [1.807, 2.05) is 0 Å². The summed E-state index contributed by atoms with van der Waals surface area (Å²) in [5.74, 6) is 0.796. The smallest absolute Gasteiger partial charge is 0.261 e. The Kier molecular flexibility index (Phi) is 4.12. The second kappa shape index (κ2) is 6.43. The minimum Gasteiger partial charge on any atom is -0.379 e. The summed E-state index contributed by atoms with van der Waals surface area (Å²) in [5.41, 5.74) is 6.61. The average molecular weight is 362 g/mol. The number of carbonyl (C=O) groups is 1. The molecule has 4 heterocycles. The molecule has 0 spiro atoms. The van der Waals surface area contributed by atoms with Crippen molar-refractivity contribution in [3.05, 3.63) is 28.9 Å². The molecule has 1 fully saturated rings. The number of anilines is 2. The molecule has 0 saturated carbocycles. The van der Waals surface area contributed by atoms with Crippen LogP contribution in [0.4, 0.5) is 11.8 Å². The molecular weight excluding hydrogens is 346 g/mol. The third-order valence-electron chi connectivity index (χ3n) is 4.11. The van der Waals surface area contributed by atoms with Gasteiger partial charge in [0.1, 0.15) is 11.0 Å². The van der Waals surface area contributed by atoms with Crippen molar-refractivity contribution in [2.45, 2.75) is 0 Å². The largest absolute Gasteiger partial charge is 0.379 e. The number of hydrogen-bond donors (Lipinski definition) is 2. The van der Waals surface area contributed by atoms with Gasteiger partial charge in [0.25, 0.3) is 5.91 Å². The molecule has 2 aromatic heterocycles. The molecule has 0 aliphatic carbocycles. The van der Waals surface area contributed by atoms with Gasteiger partial charge < -0.3 is 15.5 Å². The van der Waals surface area contributed by atoms with Crippen LogP contribution in [0.15, 0.2) is 12.4 Å². The molecule has 0 bridgehead atoms. The van der Waals surface area contributed by atoms with Crippen LogP contribution in [0.25, 0.3) is 11.6 Å². The third kappa shape index (κ3) is 2.97. The van der Waals surface area contributed by atoms with Gasteiger partial charge in [0.05, 0.1) is 31.0 Å². The van der Waals surface area contributed by atoms with E-state index in [2.05, 4.69) is 24.8 Å². The van der Waals surface area contributed by atoms with Gasteiger partial charge in [-0.25, -0.2) is 9.97 Å². The summed E-state index contributed by atoms with van der Waals surface area (Å²) in [6, 6.07) is 0. The molecule has 1 saturated heterocycles. The van der Waals surface area contributed by atoms with Crippen molar-refractivity contribution in [3.8, 4) is 0 Å². The van der Waals surface area contributed by atoms with Gasteiger partial charge in [0, 0.05) is 25.5 Å². The lowest BCUT2D eigenvalue weighted by atomic mass is 10.1. The average Bonchev–Trinajstić information content (AvgIpc) is 3.19. The Hall–Kier alpha value is -2.49. The highest BCUT2D eigenvalue weighted by Gasteiger charge is 2.38. The number of nitrogens with two attached hydrogens (primary N) is 1. The number of ether oxygens (including phenoxy) is 1. The van der Waals surface area contributed by atoms with Crippen LogP contribution in [0.5, 0.6) is 0 Å². The number of nitrogens with zero attached hydrogens (tertiary/aromatic N) is 5. The molecule has 2 aromatic rings. The molecule has 130 valence electrons. The van der Waals surface area contributed by atoms with E-state index in [4.69, 9.17) is 22.1 Å². The Morgan fingerprint density at radius 2 is 2.16 bits per heavy atom. The number of rotatable bonds is 3. The van der Waals surface area contributed by atoms with Crippen molar-refractivity contribution in [1.29, 1.82) is 0 Å². The molecule has 1 amide bonds. The number of aromatic nitrogens is 4. The predicted molar refractivity (Wildman–Crippen MR) is 92.7 cm³/mol. The first kappa shape index (κ1) is 16.0. The van der Waals surface area contributed by atoms with Gasteiger partial charge in [-0.2, -0.15) is 4.98 Å². The van der Waals surface area contributed by atoms with Crippen molar-refractivity contribution < 1.29 is 9.53 Å². The van der Waals surface area contributed by atoms with Crippen LogP contribution in [-0.4, -0.2) is 63.7 Å². The number of aromatic amines is 1. The quantitative estimate of drug-likeness (QED) is 0.608. The molecule has 0 radical (unpaired) electrons. The number of carbonyl (C=O) groups excluding carboxylic acids is 1. The highest BCUT2D eigenvalue weighted by Crippen LogP contribution is 2.40. The zero-order valence-electron chi connectivity index (χ0n) is 13.3. The first-order valence-electron chi connectivity index (χ1n) is 7.80. The summed E-state index contributed by atoms with van der Waals surface area (Å²) < 4.78 is 5.35. The minimum atomic E-state index is -0.209. The number of halogens is 1. The number of hydrogen-bond acceptors (Lipinski definition) is 7. The zero-order valence-corrected chi connectivity index (χ0v) is 14.0. The maximum absolute atomic E-state index is 13.0. The van der Waals surface area contributed by atoms with Gasteiger partial charge in [-0.05, 0) is 6.08 Å². The molecule has 4 rings (SSSR count). The molecule has 0 aromatic carbocycles. The van der Waals surface area contributed by atoms with Crippen molar-refractivity contribution in [2.75, 3.05) is 43.6 Å². The van der Waals surface area contributed by atoms with Crippen LogP contribution in [0.2, 0.25) is 5.15 Å². The summed E-state index contributed by atoms with van der Waals surface area (Å²) in [6.07, 6.45) is 4.94. The highest BCUT2D eigenvalue weighted by molar-refractivity contribution is 6.41. The molecule has 0 unspecified atom stereocenters. The third-order valence-corrected chi connectivity index (χ3v) is 4.38. The van der Waals surface area contributed by atoms with Crippen molar-refractivity contribution in [3.63, 3.8) is 0 Å². The van der Waals surface area contributed by atoms with Gasteiger partial charge in [0.15, 0.2) is 5.82 Å². The Morgan fingerprint density at radius 3 is 2.88 bits per heavy atom. The maximum atomic E-state index is 13.0. The maximum Gasteiger partial charge on any atom is 0.261 e. The first-order chi connectivity index (χ1) is 12.1. The molecule has 25 heavy (non-hydrogen) atoms. The Balaban J connectivity index is 1.75. The summed E-state index contributed by atoms with van der Waals surface area (Å²) in [6.45, 7) is 3.14. The molecule has 2 aliphatic heterocycles. The molecule has 3 N–H and O–H groups in total. The second-order valence-corrected chi connectivity index (χ2v) is 6.07. The lowest BCUT2D eigenvalue weighted by molar-refractivity contribution is -0.113. The number of H-pyrrole nitrogens is 1. The first-order valence-corrected chi connectivity index (χ1v) is 8.17. The Morgan fingerprint density at radius 1 is 1.36 bits per heavy atom. The van der Waals surface area contributed by atoms with Gasteiger partial charge in [0.2, 0.25) is 5.95 Å². The summed E-state index contributed by atoms with van der Waals surface area (Å²) >= 11 is 6.27. The number of morpholine rings is 1. The Bertz CT molecular complexity index is 831. The molecule has 0 atom stereocenters. The van der Waals surface area contributed by atoms with Crippen LogP contribution in [0.3, 0.4) is 0 Å². The minimum absolute atomic E-state index is 0.0303. The number of fused-ring (bicyclic) bond motifs is 1. The van der Waals surface area contributed by atoms with E-state index in [9.17, 15) is 4.79 Å². The summed E-state index contributed by atoms with van der Waals surface area (Å²) in [7, 11) is 0. The van der Waals surface area contributed by atoms with Gasteiger partial charge >= 0.3 is 0 Å². The van der Waals surface area contributed by atoms with Gasteiger partial charge in [-0.1, -0.05) is 11.6 Å². The zero-order chi connectivity index (χ0) is 17.4. The number of nitrogens with one attached hydrogen (secondary N) is 1. The van der Waals surface area contributed by atoms with E-state index < -0.39 is 0 Å². The van der Waals surface area contributed by atoms with Gasteiger partial charge in [-0.15, -0.1) is 0 Å². The fourth-order valence-electron chi connectivity index (χ4n) is 2.91. The number of imidazole rings is 1. The van der Waals surface area contributed by atoms with Crippen molar-refractivity contribution >= 4 is 40.9 Å². The standard InChI is InChI=1S/C15H16ClN7O2/c16-12-11-9(7-10-18-1-2-19-10)14(24)23(13(11)21-15(17)20-12)8-22-3-5-25-6-4-22/h1-2,7H,3-6,8H2,(H,18,19)(H2,17,20,21)/b9-7-. The molecule has 10 heteroatoms. The van der Waals surface area contributed by atoms with Crippen molar-refractivity contribution in [1.82, 2.24) is 24.8 Å². The fraction of sp³-hybridized carbons (Fsp3) is 0.333. The van der Waals surface area contributed by atoms with E-state index in [0.29, 0.717) is 42.7 Å². The van der Waals surface area contributed by atoms with Crippen LogP contribution < -0.4 is 10.6 Å². The van der Waals surface area contributed by atoms with E-state index in [1.165, 1.54) is 0 Å². The molecule has 2 aliphatic rings. The van der Waals surface area contributed by atoms with Crippen LogP contribution >= 0.6 is 11.6 Å². The Labute approximate surface area is 148 Å². The van der Waals surface area contributed by atoms with Crippen molar-refractivity contribution in [2.24, 2.45) is 0 Å². The number of nitrogen functional groups attached to an aromatic ring is 1. The topological polar surface area (TPSA) is 113 Å². The normalized spacial score (nSPS) is 19.6. The lowest BCUT2D eigenvalue weighted by Gasteiger charge is -2.30. The van der Waals surface area contributed by atoms with E-state index in [-0.39, 0.29) is 17.0 Å². The van der Waals surface area contributed by atoms with E-state index in [0.717, 1.165) is 13.1 Å². The number of amides is 1. The summed E-state index contributed by atoms with van der Waals surface area (Å²) in [5, 5.41) is 0.151. The lowest BCUT2D eigenvalue weighted by Crippen LogP contribution is -2.45. The van der Waals surface area contributed by atoms with Crippen LogP contribution in [0, 0.1) is 0 Å². The van der Waals surface area contributed by atoms with Crippen LogP contribution in [-0.2, 0) is 9.53 Å². The predicted octanol–water partition coefficient (Wildman–Crippen LogP) is 0.612. The fourth-order valence-corrected chi connectivity index (χ4v) is 3.19. The van der Waals surface area contributed by atoms with Gasteiger partial charge in [-0.3, -0.25) is 14.6 Å². The SMILES string of the molecule is Nc1nc(Cl)c2c(n1)N(CN1CCOCC1)C(=O)/C2=C\c1ncc[nH]1. The molecule has 9 nitrogen and oxygen atoms in total. The second-order valence-electron chi connectivity index (χ2n) is 5.71. The monoisotopic (exact) mass is 361 g/mol. The van der Waals surface area contributed by atoms with E-state index in [1.54, 1.807) is 23.4 Å². The molecular formula is C15H16ClN7O2. The van der Waals surface area contributed by atoms with E-state index >= 15 is 0 Å². The highest BCUT2D eigenvalue weighted by atomic mass is 35.5.